The van der Waals surface area contributed by atoms with Crippen LogP contribution in [-0.4, -0.2) is 57.6 Å². The van der Waals surface area contributed by atoms with Gasteiger partial charge in [0.25, 0.3) is 5.91 Å². The van der Waals surface area contributed by atoms with Gasteiger partial charge in [-0.3, -0.25) is 9.59 Å². The highest BCUT2D eigenvalue weighted by atomic mass is 19.1. The second-order valence-electron chi connectivity index (χ2n) is 6.57. The SMILES string of the molecule is COc1ccc(CCC(=O)N2C[C@@H](F)C[C@H]2Cn2cc(C(N)=O)nn2)cc1. The van der Waals surface area contributed by atoms with Crippen molar-refractivity contribution in [3.8, 4) is 5.75 Å². The van der Waals surface area contributed by atoms with Gasteiger partial charge < -0.3 is 15.4 Å². The largest absolute Gasteiger partial charge is 0.497 e. The molecule has 0 saturated carbocycles. The van der Waals surface area contributed by atoms with E-state index in [0.717, 1.165) is 11.3 Å². The molecule has 8 nitrogen and oxygen atoms in total. The van der Waals surface area contributed by atoms with E-state index in [1.165, 1.54) is 10.9 Å². The van der Waals surface area contributed by atoms with Crippen LogP contribution in [0.3, 0.4) is 0 Å². The van der Waals surface area contributed by atoms with Crippen LogP contribution in [0.5, 0.6) is 5.75 Å². The zero-order chi connectivity index (χ0) is 19.4. The van der Waals surface area contributed by atoms with Crippen molar-refractivity contribution in [1.82, 2.24) is 19.9 Å². The van der Waals surface area contributed by atoms with Crippen LogP contribution in [0.15, 0.2) is 30.5 Å². The molecule has 144 valence electrons. The molecule has 2 atom stereocenters. The molecule has 0 spiro atoms. The first kappa shape index (κ1) is 18.8. The van der Waals surface area contributed by atoms with Gasteiger partial charge in [-0.25, -0.2) is 9.07 Å². The summed E-state index contributed by atoms with van der Waals surface area (Å²) in [4.78, 5) is 25.3. The van der Waals surface area contributed by atoms with Crippen LogP contribution in [-0.2, 0) is 17.8 Å². The van der Waals surface area contributed by atoms with E-state index in [0.29, 0.717) is 12.8 Å². The minimum Gasteiger partial charge on any atom is -0.497 e. The standard InChI is InChI=1S/C18H22FN5O3/c1-27-15-5-2-12(3-6-15)4-7-17(25)24-9-13(19)8-14(24)10-23-11-16(18(20)26)21-22-23/h2-3,5-6,11,13-14H,4,7-10H2,1H3,(H2,20,26)/t13-,14-/m0/s1. The third-order valence-corrected chi connectivity index (χ3v) is 4.66. The smallest absolute Gasteiger partial charge is 0.270 e. The summed E-state index contributed by atoms with van der Waals surface area (Å²) in [6.07, 6.45) is 1.44. The predicted octanol–water partition coefficient (Wildman–Crippen LogP) is 0.957. The zero-order valence-electron chi connectivity index (χ0n) is 15.0. The molecule has 0 radical (unpaired) electrons. The Balaban J connectivity index is 1.60. The number of benzene rings is 1. The number of likely N-dealkylation sites (tertiary alicyclic amines) is 1. The maximum atomic E-state index is 13.9. The monoisotopic (exact) mass is 375 g/mol. The molecule has 1 aliphatic rings. The van der Waals surface area contributed by atoms with Gasteiger partial charge in [0, 0.05) is 12.8 Å². The molecule has 0 bridgehead atoms. The Kier molecular flexibility index (Phi) is 5.68. The van der Waals surface area contributed by atoms with Crippen LogP contribution in [0, 0.1) is 0 Å². The quantitative estimate of drug-likeness (QED) is 0.776. The number of amides is 2. The molecule has 27 heavy (non-hydrogen) atoms. The molecule has 1 aliphatic heterocycles. The van der Waals surface area contributed by atoms with Gasteiger partial charge in [0.05, 0.1) is 32.4 Å². The van der Waals surface area contributed by atoms with Crippen LogP contribution in [0.4, 0.5) is 4.39 Å². The fourth-order valence-corrected chi connectivity index (χ4v) is 3.24. The van der Waals surface area contributed by atoms with Gasteiger partial charge in [-0.2, -0.15) is 0 Å². The summed E-state index contributed by atoms with van der Waals surface area (Å²) in [6.45, 7) is 0.346. The number of hydrogen-bond donors (Lipinski definition) is 1. The summed E-state index contributed by atoms with van der Waals surface area (Å²) in [6, 6.07) is 7.18. The maximum Gasteiger partial charge on any atom is 0.270 e. The lowest BCUT2D eigenvalue weighted by Crippen LogP contribution is -2.38. The Morgan fingerprint density at radius 2 is 2.07 bits per heavy atom. The van der Waals surface area contributed by atoms with Gasteiger partial charge in [-0.1, -0.05) is 17.3 Å². The highest BCUT2D eigenvalue weighted by molar-refractivity contribution is 5.90. The molecular formula is C18H22FN5O3. The van der Waals surface area contributed by atoms with Crippen molar-refractivity contribution in [2.24, 2.45) is 5.73 Å². The number of nitrogens with two attached hydrogens (primary N) is 1. The van der Waals surface area contributed by atoms with Gasteiger partial charge >= 0.3 is 0 Å². The minimum atomic E-state index is -1.07. The van der Waals surface area contributed by atoms with Gasteiger partial charge in [0.2, 0.25) is 5.91 Å². The number of aromatic nitrogens is 3. The van der Waals surface area contributed by atoms with Gasteiger partial charge in [-0.15, -0.1) is 5.10 Å². The van der Waals surface area contributed by atoms with Crippen LogP contribution in [0.25, 0.3) is 0 Å². The van der Waals surface area contributed by atoms with Crippen LogP contribution in [0.2, 0.25) is 0 Å². The molecule has 3 rings (SSSR count). The molecule has 0 unspecified atom stereocenters. The average molecular weight is 375 g/mol. The van der Waals surface area contributed by atoms with Crippen molar-refractivity contribution < 1.29 is 18.7 Å². The molecule has 1 saturated heterocycles. The molecule has 1 fully saturated rings. The Morgan fingerprint density at radius 3 is 2.70 bits per heavy atom. The summed E-state index contributed by atoms with van der Waals surface area (Å²) in [5.41, 5.74) is 6.22. The van der Waals surface area contributed by atoms with Gasteiger partial charge in [0.1, 0.15) is 11.9 Å². The van der Waals surface area contributed by atoms with Crippen molar-refractivity contribution >= 4 is 11.8 Å². The average Bonchev–Trinajstić information content (AvgIpc) is 3.27. The van der Waals surface area contributed by atoms with E-state index in [4.69, 9.17) is 10.5 Å². The summed E-state index contributed by atoms with van der Waals surface area (Å²) in [7, 11) is 1.60. The van der Waals surface area contributed by atoms with Crippen molar-refractivity contribution in [1.29, 1.82) is 0 Å². The number of halogens is 1. The maximum absolute atomic E-state index is 13.9. The number of ether oxygens (including phenoxy) is 1. The summed E-state index contributed by atoms with van der Waals surface area (Å²) in [5.74, 6) is -0.0252. The summed E-state index contributed by atoms with van der Waals surface area (Å²) >= 11 is 0. The van der Waals surface area contributed by atoms with Crippen molar-refractivity contribution in [3.05, 3.63) is 41.7 Å². The molecule has 9 heteroatoms. The van der Waals surface area contributed by atoms with Crippen LogP contribution < -0.4 is 10.5 Å². The van der Waals surface area contributed by atoms with E-state index < -0.39 is 12.1 Å². The van der Waals surface area contributed by atoms with E-state index in [1.54, 1.807) is 12.0 Å². The first-order valence-electron chi connectivity index (χ1n) is 8.72. The molecule has 2 amide bonds. The normalized spacial score (nSPS) is 19.3. The molecule has 2 N–H and O–H groups in total. The number of primary amides is 1. The lowest BCUT2D eigenvalue weighted by atomic mass is 10.1. The van der Waals surface area contributed by atoms with Gasteiger partial charge in [0.15, 0.2) is 5.69 Å². The highest BCUT2D eigenvalue weighted by Gasteiger charge is 2.35. The molecule has 2 aromatic rings. The first-order valence-corrected chi connectivity index (χ1v) is 8.72. The van der Waals surface area contributed by atoms with E-state index in [-0.39, 0.29) is 37.2 Å². The van der Waals surface area contributed by atoms with Crippen molar-refractivity contribution in [2.45, 2.75) is 38.0 Å². The van der Waals surface area contributed by atoms with Crippen molar-refractivity contribution in [3.63, 3.8) is 0 Å². The topological polar surface area (TPSA) is 103 Å². The Bertz CT molecular complexity index is 808. The first-order chi connectivity index (χ1) is 13.0. The minimum absolute atomic E-state index is 0.0437. The Labute approximate surface area is 156 Å². The fourth-order valence-electron chi connectivity index (χ4n) is 3.24. The fraction of sp³-hybridized carbons (Fsp3) is 0.444. The summed E-state index contributed by atoms with van der Waals surface area (Å²) in [5, 5.41) is 7.49. The second kappa shape index (κ2) is 8.15. The number of alkyl halides is 1. The Hall–Kier alpha value is -2.97. The number of methoxy groups -OCH3 is 1. The third-order valence-electron chi connectivity index (χ3n) is 4.66. The lowest BCUT2D eigenvalue weighted by Gasteiger charge is -2.24. The molecule has 0 aliphatic carbocycles. The van der Waals surface area contributed by atoms with E-state index >= 15 is 0 Å². The molecule has 2 heterocycles. The molecule has 1 aromatic carbocycles. The van der Waals surface area contributed by atoms with Crippen LogP contribution >= 0.6 is 0 Å². The summed E-state index contributed by atoms with van der Waals surface area (Å²) < 4.78 is 20.5. The Morgan fingerprint density at radius 1 is 1.33 bits per heavy atom. The van der Waals surface area contributed by atoms with Gasteiger partial charge in [-0.05, 0) is 24.1 Å². The van der Waals surface area contributed by atoms with Crippen LogP contribution in [0.1, 0.15) is 28.9 Å². The molecule has 1 aromatic heterocycles. The van der Waals surface area contributed by atoms with E-state index in [9.17, 15) is 14.0 Å². The van der Waals surface area contributed by atoms with Crippen molar-refractivity contribution in [2.75, 3.05) is 13.7 Å². The second-order valence-corrected chi connectivity index (χ2v) is 6.57. The number of carbonyl (C=O) groups excluding carboxylic acids is 2. The van der Waals surface area contributed by atoms with E-state index in [1.807, 2.05) is 24.3 Å². The number of carbonyl (C=O) groups is 2. The number of hydrogen-bond acceptors (Lipinski definition) is 5. The predicted molar refractivity (Wildman–Crippen MR) is 94.9 cm³/mol. The van der Waals surface area contributed by atoms with E-state index in [2.05, 4.69) is 10.3 Å². The lowest BCUT2D eigenvalue weighted by molar-refractivity contribution is -0.132. The number of nitrogens with zero attached hydrogens (tertiary/aromatic N) is 4. The zero-order valence-corrected chi connectivity index (χ0v) is 15.0. The third kappa shape index (κ3) is 4.60. The number of rotatable bonds is 7. The number of aryl methyl sites for hydroxylation is 1. The highest BCUT2D eigenvalue weighted by Crippen LogP contribution is 2.23. The molecular weight excluding hydrogens is 353 g/mol.